The number of benzene rings is 2. The van der Waals surface area contributed by atoms with E-state index in [1.165, 1.54) is 16.7 Å². The number of piperidine rings is 1. The molecule has 1 amide bonds. The smallest absolute Gasteiger partial charge is 0.249 e. The summed E-state index contributed by atoms with van der Waals surface area (Å²) in [6, 6.07) is 13.8. The van der Waals surface area contributed by atoms with E-state index in [-0.39, 0.29) is 11.4 Å². The highest BCUT2D eigenvalue weighted by atomic mass is 35.5. The first kappa shape index (κ1) is 27.6. The zero-order valence-electron chi connectivity index (χ0n) is 21.2. The first-order valence-electron chi connectivity index (χ1n) is 12.5. The number of alkyl halides is 1. The summed E-state index contributed by atoms with van der Waals surface area (Å²) in [6.07, 6.45) is 1.59. The maximum Gasteiger partial charge on any atom is 0.249 e. The molecule has 1 aliphatic heterocycles. The lowest BCUT2D eigenvalue weighted by molar-refractivity contribution is -0.143. The number of fused-ring (bicyclic) bond motifs is 1. The highest BCUT2D eigenvalue weighted by molar-refractivity contribution is 7.99. The van der Waals surface area contributed by atoms with Crippen molar-refractivity contribution >= 4 is 40.2 Å². The largest absolute Gasteiger partial charge is 0.497 e. The Morgan fingerprint density at radius 3 is 2.68 bits per heavy atom. The highest BCUT2D eigenvalue weighted by Crippen LogP contribution is 2.42. The van der Waals surface area contributed by atoms with E-state index in [4.69, 9.17) is 16.3 Å². The number of halogens is 2. The number of hydroxylamine groups is 1. The van der Waals surface area contributed by atoms with Crippen LogP contribution < -0.4 is 10.2 Å². The summed E-state index contributed by atoms with van der Waals surface area (Å²) in [7, 11) is 1.55. The molecule has 0 spiro atoms. The molecule has 1 aliphatic rings. The number of ether oxygens (including phenoxy) is 1. The normalized spacial score (nSPS) is 16.5. The van der Waals surface area contributed by atoms with E-state index in [9.17, 15) is 10.0 Å². The molecular weight excluding hydrogens is 513 g/mol. The number of likely N-dealkylation sites (tertiary alicyclic amines) is 1. The number of pyridine rings is 1. The zero-order valence-corrected chi connectivity index (χ0v) is 22.7. The maximum atomic E-state index is 15.7. The average Bonchev–Trinajstić information content (AvgIpc) is 2.92. The highest BCUT2D eigenvalue weighted by Gasteiger charge is 2.41. The van der Waals surface area contributed by atoms with Crippen molar-refractivity contribution in [3.05, 3.63) is 64.8 Å². The van der Waals surface area contributed by atoms with Gasteiger partial charge in [0.1, 0.15) is 11.9 Å². The molecule has 198 valence electrons. The predicted molar refractivity (Wildman–Crippen MR) is 146 cm³/mol. The zero-order chi connectivity index (χ0) is 26.4. The number of hydrogen-bond acceptors (Lipinski definition) is 6. The lowest BCUT2D eigenvalue weighted by Gasteiger charge is -2.40. The molecule has 0 bridgehead atoms. The first-order chi connectivity index (χ1) is 17.8. The quantitative estimate of drug-likeness (QED) is 0.175. The summed E-state index contributed by atoms with van der Waals surface area (Å²) in [5.74, 6) is 1.10. The van der Waals surface area contributed by atoms with Crippen LogP contribution in [-0.4, -0.2) is 53.5 Å². The molecule has 37 heavy (non-hydrogen) atoms. The lowest BCUT2D eigenvalue weighted by atomic mass is 9.73. The molecule has 0 unspecified atom stereocenters. The van der Waals surface area contributed by atoms with Gasteiger partial charge in [0.2, 0.25) is 5.91 Å². The SMILES string of the molecule is COc1ccc2ncc(Cl)c([C@H](F)CCC3(C(=O)NO)CCN(CCSc4ccc(C)cc4)CC3)c2c1. The van der Waals surface area contributed by atoms with Gasteiger partial charge in [-0.2, -0.15) is 0 Å². The lowest BCUT2D eigenvalue weighted by Crippen LogP contribution is -2.48. The van der Waals surface area contributed by atoms with Gasteiger partial charge in [-0.15, -0.1) is 11.8 Å². The number of hydrogen-bond donors (Lipinski definition) is 2. The van der Waals surface area contributed by atoms with Crippen molar-refractivity contribution in [3.8, 4) is 5.75 Å². The van der Waals surface area contributed by atoms with Crippen LogP contribution in [0, 0.1) is 12.3 Å². The molecule has 1 atom stereocenters. The summed E-state index contributed by atoms with van der Waals surface area (Å²) < 4.78 is 21.0. The van der Waals surface area contributed by atoms with Gasteiger partial charge in [-0.1, -0.05) is 29.3 Å². The maximum absolute atomic E-state index is 15.7. The topological polar surface area (TPSA) is 74.7 Å². The molecule has 1 saturated heterocycles. The molecule has 0 saturated carbocycles. The molecule has 4 rings (SSSR count). The Hall–Kier alpha value is -2.39. The van der Waals surface area contributed by atoms with Gasteiger partial charge in [-0.05, 0) is 76.0 Å². The number of nitrogens with one attached hydrogen (secondary N) is 1. The standard InChI is InChI=1S/C28H33ClFN3O3S/c1-19-3-6-21(7-4-19)37-16-15-33-13-11-28(12-14-33,27(34)32-35)10-9-24(30)26-22-17-20(36-2)5-8-25(22)31-18-23(26)29/h3-8,17-18,24,35H,9-16H2,1-2H3,(H,32,34)/t24-/m1/s1. The van der Waals surface area contributed by atoms with Gasteiger partial charge >= 0.3 is 0 Å². The molecule has 2 heterocycles. The second-order valence-electron chi connectivity index (χ2n) is 9.63. The molecule has 0 radical (unpaired) electrons. The molecule has 1 fully saturated rings. The van der Waals surface area contributed by atoms with Crippen LogP contribution in [0.5, 0.6) is 5.75 Å². The Kier molecular flexibility index (Phi) is 9.29. The second-order valence-corrected chi connectivity index (χ2v) is 11.2. The van der Waals surface area contributed by atoms with Crippen LogP contribution in [0.15, 0.2) is 53.6 Å². The molecule has 1 aromatic heterocycles. The third-order valence-corrected chi connectivity index (χ3v) is 8.64. The van der Waals surface area contributed by atoms with Crippen molar-refractivity contribution in [1.82, 2.24) is 15.4 Å². The monoisotopic (exact) mass is 545 g/mol. The number of rotatable bonds is 10. The van der Waals surface area contributed by atoms with Crippen LogP contribution in [0.3, 0.4) is 0 Å². The van der Waals surface area contributed by atoms with Gasteiger partial charge in [0.25, 0.3) is 0 Å². The van der Waals surface area contributed by atoms with Gasteiger partial charge in [-0.25, -0.2) is 9.87 Å². The van der Waals surface area contributed by atoms with E-state index in [2.05, 4.69) is 41.1 Å². The van der Waals surface area contributed by atoms with Crippen LogP contribution in [-0.2, 0) is 4.79 Å². The van der Waals surface area contributed by atoms with E-state index in [0.717, 1.165) is 25.4 Å². The number of amides is 1. The molecule has 2 N–H and O–H groups in total. The minimum absolute atomic E-state index is 0.104. The summed E-state index contributed by atoms with van der Waals surface area (Å²) >= 11 is 8.20. The van der Waals surface area contributed by atoms with Crippen molar-refractivity contribution in [2.45, 2.75) is 43.7 Å². The number of aromatic nitrogens is 1. The Balaban J connectivity index is 1.39. The van der Waals surface area contributed by atoms with Crippen molar-refractivity contribution in [2.75, 3.05) is 32.5 Å². The van der Waals surface area contributed by atoms with Crippen molar-refractivity contribution < 1.29 is 19.1 Å². The van der Waals surface area contributed by atoms with Crippen LogP contribution >= 0.6 is 23.4 Å². The molecule has 3 aromatic rings. The number of methoxy groups -OCH3 is 1. The Bertz CT molecular complexity index is 1220. The van der Waals surface area contributed by atoms with E-state index in [1.54, 1.807) is 25.3 Å². The third kappa shape index (κ3) is 6.55. The Morgan fingerprint density at radius 1 is 1.27 bits per heavy atom. The minimum Gasteiger partial charge on any atom is -0.497 e. The Labute approximate surface area is 226 Å². The fraction of sp³-hybridized carbons (Fsp3) is 0.429. The number of nitrogens with zero attached hydrogens (tertiary/aromatic N) is 2. The number of thioether (sulfide) groups is 1. The van der Waals surface area contributed by atoms with E-state index in [0.29, 0.717) is 41.5 Å². The molecule has 9 heteroatoms. The third-order valence-electron chi connectivity index (χ3n) is 7.35. The Morgan fingerprint density at radius 2 is 2.00 bits per heavy atom. The van der Waals surface area contributed by atoms with Gasteiger partial charge in [0.15, 0.2) is 0 Å². The average molecular weight is 546 g/mol. The van der Waals surface area contributed by atoms with E-state index in [1.807, 2.05) is 17.2 Å². The van der Waals surface area contributed by atoms with Crippen molar-refractivity contribution in [2.24, 2.45) is 5.41 Å². The van der Waals surface area contributed by atoms with Crippen molar-refractivity contribution in [3.63, 3.8) is 0 Å². The summed E-state index contributed by atoms with van der Waals surface area (Å²) in [5, 5.41) is 10.3. The van der Waals surface area contributed by atoms with Gasteiger partial charge in [0, 0.05) is 34.3 Å². The fourth-order valence-corrected chi connectivity index (χ4v) is 6.18. The number of aryl methyl sites for hydroxylation is 1. The first-order valence-corrected chi connectivity index (χ1v) is 13.8. The number of carbonyl (C=O) groups is 1. The summed E-state index contributed by atoms with van der Waals surface area (Å²) in [4.78, 5) is 20.6. The minimum atomic E-state index is -1.39. The van der Waals surface area contributed by atoms with Gasteiger partial charge < -0.3 is 9.64 Å². The van der Waals surface area contributed by atoms with Crippen molar-refractivity contribution in [1.29, 1.82) is 0 Å². The van der Waals surface area contributed by atoms with Gasteiger partial charge in [0.05, 0.1) is 23.1 Å². The molecular formula is C28H33ClFN3O3S. The summed E-state index contributed by atoms with van der Waals surface area (Å²) in [6.45, 7) is 4.42. The van der Waals surface area contributed by atoms with Gasteiger partial charge in [-0.3, -0.25) is 15.0 Å². The summed E-state index contributed by atoms with van der Waals surface area (Å²) in [5.41, 5.74) is 3.24. The molecule has 6 nitrogen and oxygen atoms in total. The van der Waals surface area contributed by atoms with Crippen LogP contribution in [0.4, 0.5) is 4.39 Å². The van der Waals surface area contributed by atoms with Crippen LogP contribution in [0.2, 0.25) is 5.02 Å². The predicted octanol–water partition coefficient (Wildman–Crippen LogP) is 6.38. The second kappa shape index (κ2) is 12.4. The van der Waals surface area contributed by atoms with E-state index >= 15 is 4.39 Å². The number of carbonyl (C=O) groups excluding carboxylic acids is 1. The van der Waals surface area contributed by atoms with Crippen LogP contribution in [0.25, 0.3) is 10.9 Å². The molecule has 0 aliphatic carbocycles. The van der Waals surface area contributed by atoms with Crippen LogP contribution in [0.1, 0.15) is 43.0 Å². The van der Waals surface area contributed by atoms with E-state index < -0.39 is 17.5 Å². The molecule has 2 aromatic carbocycles. The fourth-order valence-electron chi connectivity index (χ4n) is 5.00.